The van der Waals surface area contributed by atoms with Gasteiger partial charge in [0.05, 0.1) is 11.5 Å². The molecule has 0 spiro atoms. The number of hydrogen-bond donors (Lipinski definition) is 2. The molecule has 0 amide bonds. The SMILES string of the molecule is CCNC(=NCC1(N2CCSCC2)CCCC1)NC1CCN(c2cccs2)CC1.I. The van der Waals surface area contributed by atoms with Crippen LogP contribution in [-0.2, 0) is 0 Å². The van der Waals surface area contributed by atoms with E-state index in [4.69, 9.17) is 4.99 Å². The van der Waals surface area contributed by atoms with Crippen molar-refractivity contribution in [3.05, 3.63) is 17.5 Å². The quantitative estimate of drug-likeness (QED) is 0.308. The van der Waals surface area contributed by atoms with Gasteiger partial charge in [0.2, 0.25) is 0 Å². The highest BCUT2D eigenvalue weighted by Gasteiger charge is 2.40. The van der Waals surface area contributed by atoms with E-state index in [-0.39, 0.29) is 24.0 Å². The molecule has 1 aromatic rings. The Hall–Kier alpha value is -0.190. The summed E-state index contributed by atoms with van der Waals surface area (Å²) in [5, 5.41) is 10.9. The van der Waals surface area contributed by atoms with Crippen LogP contribution in [0.4, 0.5) is 5.00 Å². The van der Waals surface area contributed by atoms with Gasteiger partial charge in [0.15, 0.2) is 5.96 Å². The number of nitrogens with one attached hydrogen (secondary N) is 2. The van der Waals surface area contributed by atoms with Gasteiger partial charge in [0.1, 0.15) is 0 Å². The van der Waals surface area contributed by atoms with Crippen molar-refractivity contribution in [2.24, 2.45) is 4.99 Å². The lowest BCUT2D eigenvalue weighted by Crippen LogP contribution is -2.54. The molecule has 3 fully saturated rings. The van der Waals surface area contributed by atoms with Crippen LogP contribution in [0.3, 0.4) is 0 Å². The van der Waals surface area contributed by atoms with E-state index in [0.717, 1.165) is 32.1 Å². The molecule has 4 rings (SSSR count). The van der Waals surface area contributed by atoms with Gasteiger partial charge < -0.3 is 15.5 Å². The number of guanidine groups is 1. The smallest absolute Gasteiger partial charge is 0.191 e. The topological polar surface area (TPSA) is 42.9 Å². The molecule has 5 nitrogen and oxygen atoms in total. The highest BCUT2D eigenvalue weighted by Crippen LogP contribution is 2.37. The van der Waals surface area contributed by atoms with Gasteiger partial charge in [0.25, 0.3) is 0 Å². The number of hydrogen-bond acceptors (Lipinski definition) is 5. The molecular weight excluding hydrogens is 525 g/mol. The predicted molar refractivity (Wildman–Crippen MR) is 144 cm³/mol. The van der Waals surface area contributed by atoms with E-state index in [0.29, 0.717) is 11.6 Å². The Balaban J connectivity index is 0.00000256. The number of piperidine rings is 1. The van der Waals surface area contributed by atoms with Crippen LogP contribution < -0.4 is 15.5 Å². The lowest BCUT2D eigenvalue weighted by atomic mass is 9.95. The molecule has 0 atom stereocenters. The second-order valence-corrected chi connectivity index (χ2v) is 10.7. The average molecular weight is 564 g/mol. The minimum atomic E-state index is 0. The summed E-state index contributed by atoms with van der Waals surface area (Å²) in [7, 11) is 0. The van der Waals surface area contributed by atoms with Crippen LogP contribution in [0, 0.1) is 0 Å². The van der Waals surface area contributed by atoms with Gasteiger partial charge in [-0.3, -0.25) is 9.89 Å². The number of thiophene rings is 1. The second-order valence-electron chi connectivity index (χ2n) is 8.58. The lowest BCUT2D eigenvalue weighted by molar-refractivity contribution is 0.112. The van der Waals surface area contributed by atoms with E-state index in [1.807, 2.05) is 11.3 Å². The summed E-state index contributed by atoms with van der Waals surface area (Å²) in [5.41, 5.74) is 0.311. The van der Waals surface area contributed by atoms with Crippen LogP contribution in [0.25, 0.3) is 0 Å². The first-order chi connectivity index (χ1) is 14.3. The Bertz CT molecular complexity index is 634. The highest BCUT2D eigenvalue weighted by molar-refractivity contribution is 14.0. The van der Waals surface area contributed by atoms with Gasteiger partial charge in [-0.25, -0.2) is 0 Å². The number of aliphatic imine (C=N–C) groups is 1. The molecule has 3 heterocycles. The van der Waals surface area contributed by atoms with Gasteiger partial charge >= 0.3 is 0 Å². The minimum absolute atomic E-state index is 0. The van der Waals surface area contributed by atoms with Crippen LogP contribution in [0.2, 0.25) is 0 Å². The number of halogens is 1. The summed E-state index contributed by atoms with van der Waals surface area (Å²) in [5.74, 6) is 3.60. The molecule has 3 aliphatic rings. The largest absolute Gasteiger partial charge is 0.363 e. The standard InChI is InChI=1S/C22H37N5S2.HI/c1-2-23-21(25-19-7-11-26(12-8-19)20-6-5-15-29-20)24-18-22(9-3-4-10-22)27-13-16-28-17-14-27;/h5-6,15,19H,2-4,7-14,16-18H2,1H3,(H2,23,24,25);1H. The second kappa shape index (κ2) is 12.2. The molecule has 2 saturated heterocycles. The van der Waals surface area contributed by atoms with Gasteiger partial charge in [0, 0.05) is 55.8 Å². The Labute approximate surface area is 207 Å². The number of nitrogens with zero attached hydrogens (tertiary/aromatic N) is 3. The third kappa shape index (κ3) is 6.19. The van der Waals surface area contributed by atoms with E-state index in [9.17, 15) is 0 Å². The molecular formula is C22H38IN5S2. The van der Waals surface area contributed by atoms with E-state index < -0.39 is 0 Å². The fourth-order valence-corrected chi connectivity index (χ4v) is 6.77. The molecule has 170 valence electrons. The lowest BCUT2D eigenvalue weighted by Gasteiger charge is -2.42. The van der Waals surface area contributed by atoms with Crippen molar-refractivity contribution in [1.29, 1.82) is 0 Å². The molecule has 2 N–H and O–H groups in total. The fourth-order valence-electron chi connectivity index (χ4n) is 5.08. The third-order valence-corrected chi connectivity index (χ3v) is 8.62. The highest BCUT2D eigenvalue weighted by atomic mass is 127. The van der Waals surface area contributed by atoms with Gasteiger partial charge in [-0.15, -0.1) is 35.3 Å². The monoisotopic (exact) mass is 563 g/mol. The molecule has 0 aromatic carbocycles. The van der Waals surface area contributed by atoms with Crippen LogP contribution in [0.15, 0.2) is 22.5 Å². The van der Waals surface area contributed by atoms with Crippen molar-refractivity contribution >= 4 is 58.0 Å². The summed E-state index contributed by atoms with van der Waals surface area (Å²) in [6.07, 6.45) is 7.72. The Morgan fingerprint density at radius 1 is 1.17 bits per heavy atom. The molecule has 0 unspecified atom stereocenters. The van der Waals surface area contributed by atoms with E-state index in [2.05, 4.69) is 56.6 Å². The molecule has 0 bridgehead atoms. The Morgan fingerprint density at radius 2 is 1.90 bits per heavy atom. The number of thioether (sulfide) groups is 1. The van der Waals surface area contributed by atoms with E-state index in [1.54, 1.807) is 0 Å². The Kier molecular flexibility index (Phi) is 9.91. The van der Waals surface area contributed by atoms with Crippen molar-refractivity contribution in [1.82, 2.24) is 15.5 Å². The zero-order chi connectivity index (χ0) is 19.9. The number of anilines is 1. The molecule has 2 aliphatic heterocycles. The zero-order valence-corrected chi connectivity index (χ0v) is 22.2. The normalized spacial score (nSPS) is 23.2. The van der Waals surface area contributed by atoms with Gasteiger partial charge in [-0.1, -0.05) is 12.8 Å². The van der Waals surface area contributed by atoms with Crippen molar-refractivity contribution < 1.29 is 0 Å². The predicted octanol–water partition coefficient (Wildman–Crippen LogP) is 4.25. The van der Waals surface area contributed by atoms with Crippen molar-refractivity contribution in [3.63, 3.8) is 0 Å². The summed E-state index contributed by atoms with van der Waals surface area (Å²) in [6.45, 7) is 8.79. The summed E-state index contributed by atoms with van der Waals surface area (Å²) >= 11 is 3.96. The third-order valence-electron chi connectivity index (χ3n) is 6.75. The van der Waals surface area contributed by atoms with Gasteiger partial charge in [-0.05, 0) is 50.1 Å². The van der Waals surface area contributed by atoms with Crippen molar-refractivity contribution in [2.45, 2.75) is 57.0 Å². The maximum atomic E-state index is 5.14. The zero-order valence-electron chi connectivity index (χ0n) is 18.3. The molecule has 30 heavy (non-hydrogen) atoms. The first kappa shape index (κ1) is 24.5. The van der Waals surface area contributed by atoms with Crippen molar-refractivity contribution in [2.75, 3.05) is 55.7 Å². The van der Waals surface area contributed by atoms with Crippen LogP contribution in [0.1, 0.15) is 45.4 Å². The maximum absolute atomic E-state index is 5.14. The van der Waals surface area contributed by atoms with E-state index >= 15 is 0 Å². The molecule has 8 heteroatoms. The fraction of sp³-hybridized carbons (Fsp3) is 0.773. The molecule has 1 saturated carbocycles. The molecule has 0 radical (unpaired) electrons. The summed E-state index contributed by atoms with van der Waals surface area (Å²) < 4.78 is 0. The first-order valence-corrected chi connectivity index (χ1v) is 13.5. The Morgan fingerprint density at radius 3 is 2.53 bits per heavy atom. The molecule has 1 aromatic heterocycles. The van der Waals surface area contributed by atoms with E-state index in [1.165, 1.54) is 68.1 Å². The van der Waals surface area contributed by atoms with Crippen LogP contribution in [-0.4, -0.2) is 73.2 Å². The van der Waals surface area contributed by atoms with Crippen LogP contribution in [0.5, 0.6) is 0 Å². The molecule has 1 aliphatic carbocycles. The first-order valence-electron chi connectivity index (χ1n) is 11.5. The van der Waals surface area contributed by atoms with Gasteiger partial charge in [-0.2, -0.15) is 11.8 Å². The number of rotatable bonds is 6. The van der Waals surface area contributed by atoms with Crippen LogP contribution >= 0.6 is 47.1 Å². The summed E-state index contributed by atoms with van der Waals surface area (Å²) in [6, 6.07) is 4.92. The average Bonchev–Trinajstić information content (AvgIpc) is 3.47. The maximum Gasteiger partial charge on any atom is 0.191 e. The summed E-state index contributed by atoms with van der Waals surface area (Å²) in [4.78, 5) is 10.4. The minimum Gasteiger partial charge on any atom is -0.363 e. The van der Waals surface area contributed by atoms with Crippen molar-refractivity contribution in [3.8, 4) is 0 Å².